The van der Waals surface area contributed by atoms with Gasteiger partial charge in [0.05, 0.1) is 23.7 Å². The van der Waals surface area contributed by atoms with Crippen molar-refractivity contribution < 1.29 is 18.7 Å². The summed E-state index contributed by atoms with van der Waals surface area (Å²) in [4.78, 5) is 21.9. The van der Waals surface area contributed by atoms with Crippen molar-refractivity contribution in [1.82, 2.24) is 4.98 Å². The first-order chi connectivity index (χ1) is 15.5. The van der Waals surface area contributed by atoms with Crippen molar-refractivity contribution in [3.63, 3.8) is 0 Å². The van der Waals surface area contributed by atoms with Gasteiger partial charge in [-0.05, 0) is 49.2 Å². The minimum Gasteiger partial charge on any atom is -0.436 e. The van der Waals surface area contributed by atoms with Gasteiger partial charge in [0.2, 0.25) is 5.55 Å². The van der Waals surface area contributed by atoms with E-state index in [0.717, 1.165) is 12.0 Å². The number of fused-ring (bicyclic) bond motifs is 1. The van der Waals surface area contributed by atoms with E-state index >= 15 is 0 Å². The molecule has 7 heteroatoms. The summed E-state index contributed by atoms with van der Waals surface area (Å²) in [6, 6.07) is 15.1. The molecule has 1 amide bonds. The molecule has 6 nitrogen and oxygen atoms in total. The Labute approximate surface area is 184 Å². The molecule has 0 spiro atoms. The number of aliphatic hydroxyl groups excluding tert-OH is 1. The van der Waals surface area contributed by atoms with E-state index in [9.17, 15) is 14.3 Å². The zero-order valence-corrected chi connectivity index (χ0v) is 17.7. The largest absolute Gasteiger partial charge is 0.436 e. The first-order valence-electron chi connectivity index (χ1n) is 10.2. The highest BCUT2D eigenvalue weighted by Crippen LogP contribution is 2.22. The van der Waals surface area contributed by atoms with Gasteiger partial charge in [-0.25, -0.2) is 9.38 Å². The number of aryl methyl sites for hydroxylation is 2. The predicted octanol–water partition coefficient (Wildman–Crippen LogP) is 4.81. The van der Waals surface area contributed by atoms with Crippen LogP contribution in [0.5, 0.6) is 0 Å². The first-order valence-corrected chi connectivity index (χ1v) is 10.2. The van der Waals surface area contributed by atoms with E-state index in [2.05, 4.69) is 22.2 Å². The average molecular weight is 431 g/mol. The van der Waals surface area contributed by atoms with Gasteiger partial charge in [-0.2, -0.15) is 0 Å². The molecule has 0 saturated heterocycles. The molecule has 0 unspecified atom stereocenters. The Balaban J connectivity index is 1.91. The number of rotatable bonds is 5. The zero-order chi connectivity index (χ0) is 22.7. The second-order valence-corrected chi connectivity index (χ2v) is 7.30. The first kappa shape index (κ1) is 21.4. The molecule has 0 aliphatic rings. The van der Waals surface area contributed by atoms with Gasteiger partial charge in [-0.15, -0.1) is 0 Å². The summed E-state index contributed by atoms with van der Waals surface area (Å²) in [5.74, 6) is -1.13. The lowest BCUT2D eigenvalue weighted by Gasteiger charge is -2.10. The van der Waals surface area contributed by atoms with Crippen LogP contribution in [0.3, 0.4) is 0 Å². The molecular formula is C25H22FN3O3. The van der Waals surface area contributed by atoms with Gasteiger partial charge in [0.15, 0.2) is 5.58 Å². The summed E-state index contributed by atoms with van der Waals surface area (Å²) in [7, 11) is 0. The Bertz CT molecular complexity index is 1360. The SMILES string of the molecule is CCc1ccc(N=c2oc3c(C)ncc(CO)c3cc2C(=O)Nc2ccccc2F)cc1. The van der Waals surface area contributed by atoms with E-state index < -0.39 is 11.7 Å². The van der Waals surface area contributed by atoms with Crippen LogP contribution < -0.4 is 10.9 Å². The topological polar surface area (TPSA) is 87.7 Å². The molecule has 2 heterocycles. The number of aliphatic hydroxyl groups is 1. The molecule has 162 valence electrons. The highest BCUT2D eigenvalue weighted by Gasteiger charge is 2.17. The number of nitrogens with one attached hydrogen (secondary N) is 1. The molecule has 4 rings (SSSR count). The molecule has 4 aromatic rings. The Morgan fingerprint density at radius 1 is 1.19 bits per heavy atom. The molecule has 0 bridgehead atoms. The van der Waals surface area contributed by atoms with Crippen LogP contribution in [0.1, 0.15) is 34.1 Å². The summed E-state index contributed by atoms with van der Waals surface area (Å²) in [5, 5.41) is 12.8. The van der Waals surface area contributed by atoms with Gasteiger partial charge < -0.3 is 14.8 Å². The van der Waals surface area contributed by atoms with Crippen LogP contribution in [0.4, 0.5) is 15.8 Å². The van der Waals surface area contributed by atoms with Gasteiger partial charge in [0.1, 0.15) is 11.4 Å². The number of carbonyl (C=O) groups is 1. The van der Waals surface area contributed by atoms with E-state index in [1.807, 2.05) is 24.3 Å². The van der Waals surface area contributed by atoms with Crippen molar-refractivity contribution in [2.45, 2.75) is 26.9 Å². The van der Waals surface area contributed by atoms with Gasteiger partial charge in [0, 0.05) is 17.1 Å². The smallest absolute Gasteiger partial charge is 0.261 e. The Morgan fingerprint density at radius 3 is 2.62 bits per heavy atom. The van der Waals surface area contributed by atoms with Crippen molar-refractivity contribution in [2.75, 3.05) is 5.32 Å². The molecule has 0 aliphatic heterocycles. The molecule has 2 N–H and O–H groups in total. The fraction of sp³-hybridized carbons (Fsp3) is 0.160. The van der Waals surface area contributed by atoms with Crippen molar-refractivity contribution in [3.05, 3.63) is 94.5 Å². The van der Waals surface area contributed by atoms with Crippen LogP contribution in [0.25, 0.3) is 11.0 Å². The van der Waals surface area contributed by atoms with Crippen LogP contribution >= 0.6 is 0 Å². The quantitative estimate of drug-likeness (QED) is 0.474. The number of anilines is 1. The third kappa shape index (κ3) is 4.29. The summed E-state index contributed by atoms with van der Waals surface area (Å²) >= 11 is 0. The summed E-state index contributed by atoms with van der Waals surface area (Å²) in [6.45, 7) is 3.55. The highest BCUT2D eigenvalue weighted by atomic mass is 19.1. The number of carbonyl (C=O) groups excluding carboxylic acids is 1. The van der Waals surface area contributed by atoms with Crippen LogP contribution in [-0.4, -0.2) is 16.0 Å². The minimum absolute atomic E-state index is 0.0455. The number of para-hydroxylation sites is 1. The number of pyridine rings is 1. The minimum atomic E-state index is -0.581. The molecule has 2 aromatic carbocycles. The van der Waals surface area contributed by atoms with Crippen molar-refractivity contribution in [3.8, 4) is 0 Å². The number of hydrogen-bond donors (Lipinski definition) is 2. The molecule has 0 radical (unpaired) electrons. The van der Waals surface area contributed by atoms with Gasteiger partial charge in [-0.3, -0.25) is 9.78 Å². The molecule has 0 fully saturated rings. The van der Waals surface area contributed by atoms with Gasteiger partial charge in [-0.1, -0.05) is 31.2 Å². The van der Waals surface area contributed by atoms with Gasteiger partial charge >= 0.3 is 0 Å². The fourth-order valence-corrected chi connectivity index (χ4v) is 3.34. The molecule has 0 aliphatic carbocycles. The molecule has 2 aromatic heterocycles. The number of nitrogens with zero attached hydrogens (tertiary/aromatic N) is 2. The van der Waals surface area contributed by atoms with Crippen molar-refractivity contribution in [1.29, 1.82) is 0 Å². The van der Waals surface area contributed by atoms with E-state index in [1.165, 1.54) is 18.3 Å². The third-order valence-electron chi connectivity index (χ3n) is 5.16. The molecule has 32 heavy (non-hydrogen) atoms. The number of benzene rings is 2. The van der Waals surface area contributed by atoms with E-state index in [1.54, 1.807) is 25.1 Å². The Morgan fingerprint density at radius 2 is 1.94 bits per heavy atom. The number of hydrogen-bond acceptors (Lipinski definition) is 5. The Hall–Kier alpha value is -3.84. The van der Waals surface area contributed by atoms with Crippen LogP contribution in [0, 0.1) is 12.7 Å². The lowest BCUT2D eigenvalue weighted by atomic mass is 10.1. The fourth-order valence-electron chi connectivity index (χ4n) is 3.34. The highest BCUT2D eigenvalue weighted by molar-refractivity contribution is 6.05. The van der Waals surface area contributed by atoms with Gasteiger partial charge in [0.25, 0.3) is 5.91 Å². The van der Waals surface area contributed by atoms with E-state index in [4.69, 9.17) is 4.42 Å². The monoisotopic (exact) mass is 431 g/mol. The van der Waals surface area contributed by atoms with Crippen LogP contribution in [-0.2, 0) is 13.0 Å². The lowest BCUT2D eigenvalue weighted by Crippen LogP contribution is -2.22. The standard InChI is InChI=1S/C25H22FN3O3/c1-3-16-8-10-18(11-9-16)28-25-20(24(31)29-22-7-5-4-6-21(22)26)12-19-17(14-30)13-27-15(2)23(19)32-25/h4-13,30H,3,14H2,1-2H3,(H,29,31). The normalized spacial score (nSPS) is 11.7. The third-order valence-corrected chi connectivity index (χ3v) is 5.16. The van der Waals surface area contributed by atoms with Crippen LogP contribution in [0.2, 0.25) is 0 Å². The Kier molecular flexibility index (Phi) is 6.09. The molecule has 0 saturated carbocycles. The lowest BCUT2D eigenvalue weighted by molar-refractivity contribution is 0.102. The van der Waals surface area contributed by atoms with E-state index in [0.29, 0.717) is 27.9 Å². The number of aromatic nitrogens is 1. The predicted molar refractivity (Wildman–Crippen MR) is 120 cm³/mol. The summed E-state index contributed by atoms with van der Waals surface area (Å²) in [5.41, 5.74) is 3.51. The molecule has 0 atom stereocenters. The van der Waals surface area contributed by atoms with Crippen LogP contribution in [0.15, 0.2) is 70.2 Å². The molecular weight excluding hydrogens is 409 g/mol. The summed E-state index contributed by atoms with van der Waals surface area (Å²) in [6.07, 6.45) is 2.43. The maximum Gasteiger partial charge on any atom is 0.261 e. The second kappa shape index (κ2) is 9.11. The number of amides is 1. The number of halogens is 1. The van der Waals surface area contributed by atoms with Crippen molar-refractivity contribution in [2.24, 2.45) is 4.99 Å². The average Bonchev–Trinajstić information content (AvgIpc) is 2.81. The second-order valence-electron chi connectivity index (χ2n) is 7.30. The maximum atomic E-state index is 14.1. The van der Waals surface area contributed by atoms with Crippen molar-refractivity contribution >= 4 is 28.3 Å². The maximum absolute atomic E-state index is 14.1. The summed E-state index contributed by atoms with van der Waals surface area (Å²) < 4.78 is 20.1. The zero-order valence-electron chi connectivity index (χ0n) is 17.7. The van der Waals surface area contributed by atoms with E-state index in [-0.39, 0.29) is 23.4 Å².